The molecule has 0 aromatic carbocycles. The van der Waals surface area contributed by atoms with Crippen LogP contribution in [0.15, 0.2) is 0 Å². The molecule has 2 bridgehead atoms. The van der Waals surface area contributed by atoms with Crippen LogP contribution in [0.4, 0.5) is 13.2 Å². The summed E-state index contributed by atoms with van der Waals surface area (Å²) in [6.45, 7) is 0. The van der Waals surface area contributed by atoms with Crippen LogP contribution in [0.5, 0.6) is 0 Å². The maximum Gasteiger partial charge on any atom is 0.394 e. The Morgan fingerprint density at radius 1 is 1.00 bits per heavy atom. The summed E-state index contributed by atoms with van der Waals surface area (Å²) in [5.74, 6) is -0.419. The highest BCUT2D eigenvalue weighted by atomic mass is 19.4. The van der Waals surface area contributed by atoms with Gasteiger partial charge in [-0.1, -0.05) is 0 Å². The summed E-state index contributed by atoms with van der Waals surface area (Å²) < 4.78 is 38.5. The van der Waals surface area contributed by atoms with Crippen molar-refractivity contribution in [1.29, 1.82) is 0 Å². The number of nitrogens with two attached hydrogens (primary N) is 1. The van der Waals surface area contributed by atoms with E-state index < -0.39 is 22.9 Å². The van der Waals surface area contributed by atoms with Crippen LogP contribution in [0.2, 0.25) is 0 Å². The molecule has 1 amide bonds. The number of carbonyl (C=O) groups excluding carboxylic acids is 1. The van der Waals surface area contributed by atoms with Gasteiger partial charge in [-0.3, -0.25) is 4.79 Å². The van der Waals surface area contributed by atoms with Gasteiger partial charge in [0.1, 0.15) is 0 Å². The first-order valence-electron chi connectivity index (χ1n) is 5.18. The first-order chi connectivity index (χ1) is 6.81. The fraction of sp³-hybridized carbons (Fsp3) is 0.900. The zero-order valence-corrected chi connectivity index (χ0v) is 8.36. The lowest BCUT2D eigenvalue weighted by Gasteiger charge is -2.52. The highest BCUT2D eigenvalue weighted by Gasteiger charge is 2.62. The lowest BCUT2D eigenvalue weighted by molar-refractivity contribution is -0.258. The Hall–Kier alpha value is -0.740. The van der Waals surface area contributed by atoms with Gasteiger partial charge >= 0.3 is 6.18 Å². The first-order valence-corrected chi connectivity index (χ1v) is 5.18. The Labute approximate surface area is 86.0 Å². The first kappa shape index (κ1) is 10.8. The Morgan fingerprint density at radius 3 is 1.67 bits per heavy atom. The van der Waals surface area contributed by atoms with E-state index in [4.69, 9.17) is 5.73 Å². The fourth-order valence-corrected chi connectivity index (χ4v) is 2.98. The predicted octanol–water partition coefficient (Wildman–Crippen LogP) is 2.37. The normalized spacial score (nSPS) is 40.5. The minimum atomic E-state index is -4.13. The van der Waals surface area contributed by atoms with E-state index in [1.54, 1.807) is 0 Å². The number of rotatable bonds is 1. The second-order valence-corrected chi connectivity index (χ2v) is 4.92. The average Bonchev–Trinajstić information content (AvgIpc) is 2.19. The van der Waals surface area contributed by atoms with E-state index in [1.807, 2.05) is 0 Å². The van der Waals surface area contributed by atoms with Gasteiger partial charge in [-0.25, -0.2) is 0 Å². The Balaban J connectivity index is 2.21. The summed E-state index contributed by atoms with van der Waals surface area (Å²) in [7, 11) is 0. The van der Waals surface area contributed by atoms with E-state index in [0.717, 1.165) is 0 Å². The summed E-state index contributed by atoms with van der Waals surface area (Å²) in [5, 5.41) is 0. The molecule has 86 valence electrons. The largest absolute Gasteiger partial charge is 0.394 e. The van der Waals surface area contributed by atoms with Crippen molar-refractivity contribution >= 4 is 5.91 Å². The molecule has 5 heteroatoms. The van der Waals surface area contributed by atoms with Gasteiger partial charge < -0.3 is 5.73 Å². The summed E-state index contributed by atoms with van der Waals surface area (Å²) in [6.07, 6.45) is -3.00. The van der Waals surface area contributed by atoms with Crippen molar-refractivity contribution in [3.8, 4) is 0 Å². The molecule has 15 heavy (non-hydrogen) atoms. The number of hydrogen-bond donors (Lipinski definition) is 1. The van der Waals surface area contributed by atoms with Gasteiger partial charge in [-0.05, 0) is 38.5 Å². The number of primary amides is 1. The van der Waals surface area contributed by atoms with Crippen LogP contribution in [-0.4, -0.2) is 12.1 Å². The van der Waals surface area contributed by atoms with Crippen molar-refractivity contribution in [1.82, 2.24) is 0 Å². The van der Waals surface area contributed by atoms with Crippen LogP contribution in [0, 0.1) is 10.8 Å². The van der Waals surface area contributed by atoms with Crippen molar-refractivity contribution in [2.45, 2.75) is 44.7 Å². The fourth-order valence-electron chi connectivity index (χ4n) is 2.98. The SMILES string of the molecule is NC(=O)C12CCC(C(F)(F)F)(CC1)CC2. The van der Waals surface area contributed by atoms with Crippen molar-refractivity contribution in [3.63, 3.8) is 0 Å². The molecule has 3 fully saturated rings. The minimum Gasteiger partial charge on any atom is -0.369 e. The predicted molar refractivity (Wildman–Crippen MR) is 47.8 cm³/mol. The number of amides is 1. The molecule has 0 radical (unpaired) electrons. The summed E-state index contributed by atoms with van der Waals surface area (Å²) in [5.41, 5.74) is 3.11. The van der Waals surface area contributed by atoms with Crippen LogP contribution in [0.3, 0.4) is 0 Å². The summed E-state index contributed by atoms with van der Waals surface area (Å²) in [6, 6.07) is 0. The van der Waals surface area contributed by atoms with Crippen molar-refractivity contribution in [2.75, 3.05) is 0 Å². The van der Waals surface area contributed by atoms with E-state index in [9.17, 15) is 18.0 Å². The van der Waals surface area contributed by atoms with Crippen LogP contribution < -0.4 is 5.73 Å². The Morgan fingerprint density at radius 2 is 1.40 bits per heavy atom. The van der Waals surface area contributed by atoms with Gasteiger partial charge in [0.05, 0.1) is 5.41 Å². The summed E-state index contributed by atoms with van der Waals surface area (Å²) in [4.78, 5) is 11.2. The standard InChI is InChI=1S/C10H14F3NO/c11-10(12,13)9-4-1-8(2-5-9,3-6-9)7(14)15/h1-6H2,(H2,14,15). The molecule has 3 aliphatic carbocycles. The third kappa shape index (κ3) is 1.35. The van der Waals surface area contributed by atoms with Crippen LogP contribution >= 0.6 is 0 Å². The van der Waals surface area contributed by atoms with Crippen LogP contribution in [0.25, 0.3) is 0 Å². The Bertz CT molecular complexity index is 273. The number of halogens is 3. The molecule has 2 N–H and O–H groups in total. The quantitative estimate of drug-likeness (QED) is 0.725. The maximum absolute atomic E-state index is 12.8. The van der Waals surface area contributed by atoms with E-state index in [0.29, 0.717) is 19.3 Å². The smallest absolute Gasteiger partial charge is 0.369 e. The molecule has 2 nitrogen and oxygen atoms in total. The molecule has 0 saturated heterocycles. The maximum atomic E-state index is 12.8. The molecular weight excluding hydrogens is 207 g/mol. The highest BCUT2D eigenvalue weighted by molar-refractivity contribution is 5.81. The second-order valence-electron chi connectivity index (χ2n) is 4.92. The second kappa shape index (κ2) is 2.89. The van der Waals surface area contributed by atoms with Crippen LogP contribution in [-0.2, 0) is 4.79 Å². The van der Waals surface area contributed by atoms with Gasteiger partial charge in [-0.15, -0.1) is 0 Å². The molecule has 0 aromatic heterocycles. The number of fused-ring (bicyclic) bond motifs is 3. The summed E-state index contributed by atoms with van der Waals surface area (Å²) >= 11 is 0. The van der Waals surface area contributed by atoms with E-state index in [1.165, 1.54) is 0 Å². The molecular formula is C10H14F3NO. The van der Waals surface area contributed by atoms with Gasteiger partial charge in [-0.2, -0.15) is 13.2 Å². The number of alkyl halides is 3. The number of carbonyl (C=O) groups is 1. The topological polar surface area (TPSA) is 43.1 Å². The molecule has 0 aliphatic heterocycles. The minimum absolute atomic E-state index is 0.0689. The third-order valence-electron chi connectivity index (χ3n) is 4.37. The zero-order valence-electron chi connectivity index (χ0n) is 8.36. The Kier molecular flexibility index (Phi) is 2.07. The van der Waals surface area contributed by atoms with Gasteiger partial charge in [0.15, 0.2) is 0 Å². The lowest BCUT2D eigenvalue weighted by Crippen LogP contribution is -2.53. The molecule has 0 spiro atoms. The van der Waals surface area contributed by atoms with Gasteiger partial charge in [0.25, 0.3) is 0 Å². The van der Waals surface area contributed by atoms with Gasteiger partial charge in [0.2, 0.25) is 5.91 Å². The lowest BCUT2D eigenvalue weighted by atomic mass is 9.53. The highest BCUT2D eigenvalue weighted by Crippen LogP contribution is 2.62. The molecule has 0 atom stereocenters. The molecule has 0 unspecified atom stereocenters. The van der Waals surface area contributed by atoms with E-state index in [2.05, 4.69) is 0 Å². The molecule has 3 saturated carbocycles. The monoisotopic (exact) mass is 221 g/mol. The van der Waals surface area contributed by atoms with Gasteiger partial charge in [0, 0.05) is 5.41 Å². The number of hydrogen-bond acceptors (Lipinski definition) is 1. The van der Waals surface area contributed by atoms with Crippen LogP contribution in [0.1, 0.15) is 38.5 Å². The molecule has 3 rings (SSSR count). The van der Waals surface area contributed by atoms with Crippen molar-refractivity contribution < 1.29 is 18.0 Å². The molecule has 3 aliphatic rings. The van der Waals surface area contributed by atoms with E-state index in [-0.39, 0.29) is 19.3 Å². The van der Waals surface area contributed by atoms with E-state index >= 15 is 0 Å². The average molecular weight is 221 g/mol. The van der Waals surface area contributed by atoms with Crippen molar-refractivity contribution in [3.05, 3.63) is 0 Å². The molecule has 0 aromatic rings. The molecule has 0 heterocycles. The van der Waals surface area contributed by atoms with Crippen molar-refractivity contribution in [2.24, 2.45) is 16.6 Å². The third-order valence-corrected chi connectivity index (χ3v) is 4.37. The zero-order chi connectivity index (χ0) is 11.3.